The number of rotatable bonds is 4. The highest BCUT2D eigenvalue weighted by Gasteiger charge is 2.23. The number of nitrogens with zero attached hydrogens (tertiary/aromatic N) is 1. The van der Waals surface area contributed by atoms with E-state index in [1.807, 2.05) is 0 Å². The minimum absolute atomic E-state index is 0.240. The van der Waals surface area contributed by atoms with E-state index >= 15 is 0 Å². The molecule has 3 nitrogen and oxygen atoms in total. The highest BCUT2D eigenvalue weighted by molar-refractivity contribution is 6.01. The van der Waals surface area contributed by atoms with Crippen molar-refractivity contribution in [1.82, 2.24) is 4.90 Å². The van der Waals surface area contributed by atoms with Gasteiger partial charge in [0.15, 0.2) is 12.6 Å². The summed E-state index contributed by atoms with van der Waals surface area (Å²) in [6, 6.07) is 0. The Hall–Kier alpha value is -1.45. The van der Waals surface area contributed by atoms with Crippen LogP contribution in [0.4, 0.5) is 4.39 Å². The molecular weight excluding hydrogens is 159 g/mol. The summed E-state index contributed by atoms with van der Waals surface area (Å²) in [5.41, 5.74) is 0.889. The number of hydrogen-bond acceptors (Lipinski definition) is 3. The maximum Gasteiger partial charge on any atom is 0.173 e. The highest BCUT2D eigenvalue weighted by atomic mass is 19.1. The fourth-order valence-corrected chi connectivity index (χ4v) is 0.814. The molecule has 1 heterocycles. The summed E-state index contributed by atoms with van der Waals surface area (Å²) in [5.74, 6) is 0. The van der Waals surface area contributed by atoms with Crippen LogP contribution in [-0.4, -0.2) is 23.7 Å². The second-order valence-electron chi connectivity index (χ2n) is 2.44. The van der Waals surface area contributed by atoms with Crippen LogP contribution in [-0.2, 0) is 4.79 Å². The molecule has 0 aliphatic carbocycles. The van der Waals surface area contributed by atoms with Crippen molar-refractivity contribution in [3.8, 4) is 0 Å². The number of nitrogens with one attached hydrogen (secondary N) is 1. The Morgan fingerprint density at radius 3 is 2.83 bits per heavy atom. The van der Waals surface area contributed by atoms with Crippen LogP contribution in [0.2, 0.25) is 0 Å². The lowest BCUT2D eigenvalue weighted by Crippen LogP contribution is -2.08. The zero-order valence-corrected chi connectivity index (χ0v) is 6.62. The molecule has 0 aromatic rings. The first-order valence-corrected chi connectivity index (χ1v) is 3.50. The van der Waals surface area contributed by atoms with Gasteiger partial charge in [-0.3, -0.25) is 4.79 Å². The third-order valence-electron chi connectivity index (χ3n) is 1.50. The lowest BCUT2D eigenvalue weighted by molar-refractivity contribution is -0.104. The summed E-state index contributed by atoms with van der Waals surface area (Å²) in [4.78, 5) is 11.6. The molecule has 0 saturated heterocycles. The van der Waals surface area contributed by atoms with Crippen molar-refractivity contribution in [1.29, 1.82) is 5.41 Å². The van der Waals surface area contributed by atoms with Gasteiger partial charge >= 0.3 is 0 Å². The number of allylic oxidation sites excluding steroid dienone is 2. The van der Waals surface area contributed by atoms with Gasteiger partial charge in [-0.1, -0.05) is 0 Å². The van der Waals surface area contributed by atoms with Crippen LogP contribution >= 0.6 is 0 Å². The van der Waals surface area contributed by atoms with Gasteiger partial charge in [-0.25, -0.2) is 4.39 Å². The maximum absolute atomic E-state index is 12.5. The third kappa shape index (κ3) is 1.78. The Balaban J connectivity index is 2.54. The van der Waals surface area contributed by atoms with Crippen LogP contribution in [0, 0.1) is 5.41 Å². The van der Waals surface area contributed by atoms with Gasteiger partial charge in [0.05, 0.1) is 5.70 Å². The Kier molecular flexibility index (Phi) is 2.38. The Morgan fingerprint density at radius 2 is 2.50 bits per heavy atom. The molecule has 1 N–H and O–H groups in total. The van der Waals surface area contributed by atoms with Crippen LogP contribution in [0.25, 0.3) is 0 Å². The second kappa shape index (κ2) is 3.30. The summed E-state index contributed by atoms with van der Waals surface area (Å²) in [7, 11) is 0. The van der Waals surface area contributed by atoms with E-state index in [-0.39, 0.29) is 5.57 Å². The van der Waals surface area contributed by atoms with E-state index in [1.54, 1.807) is 6.20 Å². The molecule has 12 heavy (non-hydrogen) atoms. The Morgan fingerprint density at radius 1 is 1.83 bits per heavy atom. The lowest BCUT2D eigenvalue weighted by Gasteiger charge is -2.03. The van der Waals surface area contributed by atoms with Gasteiger partial charge in [0, 0.05) is 18.0 Å². The molecule has 0 aromatic carbocycles. The molecule has 0 bridgehead atoms. The average molecular weight is 168 g/mol. The number of alkyl halides is 1. The fourth-order valence-electron chi connectivity index (χ4n) is 0.814. The number of carbonyl (C=O) groups is 1. The number of hydrogen-bond donors (Lipinski definition) is 1. The maximum atomic E-state index is 12.5. The van der Waals surface area contributed by atoms with E-state index < -0.39 is 6.30 Å². The summed E-state index contributed by atoms with van der Waals surface area (Å²) in [6.45, 7) is 1.41. The number of halogens is 1. The van der Waals surface area contributed by atoms with Crippen molar-refractivity contribution in [3.63, 3.8) is 0 Å². The predicted molar refractivity (Wildman–Crippen MR) is 43.4 cm³/mol. The quantitative estimate of drug-likeness (QED) is 0.297. The SMILES string of the molecule is CC(F)N1C=C1/C=C(\C=N)C=O. The summed E-state index contributed by atoms with van der Waals surface area (Å²) >= 11 is 0. The molecule has 0 spiro atoms. The van der Waals surface area contributed by atoms with Gasteiger partial charge in [-0.15, -0.1) is 0 Å². The van der Waals surface area contributed by atoms with E-state index in [9.17, 15) is 9.18 Å². The monoisotopic (exact) mass is 168 g/mol. The largest absolute Gasteiger partial charge is 0.314 e. The first kappa shape index (κ1) is 8.64. The summed E-state index contributed by atoms with van der Waals surface area (Å²) in [6.07, 6.45) is 3.49. The van der Waals surface area contributed by atoms with Crippen molar-refractivity contribution >= 4 is 12.5 Å². The zero-order chi connectivity index (χ0) is 9.14. The van der Waals surface area contributed by atoms with E-state index in [0.717, 1.165) is 6.21 Å². The molecule has 1 unspecified atom stereocenters. The van der Waals surface area contributed by atoms with Crippen molar-refractivity contribution in [2.45, 2.75) is 13.2 Å². The van der Waals surface area contributed by atoms with Crippen LogP contribution in [0.1, 0.15) is 6.92 Å². The molecule has 0 saturated carbocycles. The first-order chi connectivity index (χ1) is 5.69. The van der Waals surface area contributed by atoms with Crippen molar-refractivity contribution < 1.29 is 9.18 Å². The third-order valence-corrected chi connectivity index (χ3v) is 1.50. The van der Waals surface area contributed by atoms with Gasteiger partial charge in [0.25, 0.3) is 0 Å². The first-order valence-electron chi connectivity index (χ1n) is 3.50. The topological polar surface area (TPSA) is 43.9 Å². The Bertz CT molecular complexity index is 258. The standard InChI is InChI=1S/C8H9FN2O/c1-6(9)11-4-8(11)2-7(3-10)5-12/h2-6,10H,1H3/b7-2+,10-3?. The summed E-state index contributed by atoms with van der Waals surface area (Å²) < 4.78 is 12.5. The molecule has 1 aliphatic rings. The highest BCUT2D eigenvalue weighted by Crippen LogP contribution is 2.26. The summed E-state index contributed by atoms with van der Waals surface area (Å²) in [5, 5.41) is 6.79. The van der Waals surface area contributed by atoms with Gasteiger partial charge in [-0.2, -0.15) is 0 Å². The average Bonchev–Trinajstić information content (AvgIpc) is 2.79. The molecule has 0 fully saturated rings. The number of carbonyl (C=O) groups excluding carboxylic acids is 1. The Labute approximate surface area is 69.7 Å². The van der Waals surface area contributed by atoms with E-state index in [4.69, 9.17) is 5.41 Å². The number of aldehydes is 1. The van der Waals surface area contributed by atoms with E-state index in [0.29, 0.717) is 12.0 Å². The second-order valence-corrected chi connectivity index (χ2v) is 2.44. The minimum Gasteiger partial charge on any atom is -0.314 e. The van der Waals surface area contributed by atoms with Gasteiger partial charge in [-0.05, 0) is 13.0 Å². The van der Waals surface area contributed by atoms with Gasteiger partial charge in [0.2, 0.25) is 0 Å². The predicted octanol–water partition coefficient (Wildman–Crippen LogP) is 1.23. The van der Waals surface area contributed by atoms with Crippen molar-refractivity contribution in [2.24, 2.45) is 0 Å². The molecule has 1 rings (SSSR count). The van der Waals surface area contributed by atoms with E-state index in [1.165, 1.54) is 17.9 Å². The zero-order valence-electron chi connectivity index (χ0n) is 6.62. The van der Waals surface area contributed by atoms with Crippen LogP contribution in [0.5, 0.6) is 0 Å². The molecule has 1 atom stereocenters. The molecule has 0 radical (unpaired) electrons. The smallest absolute Gasteiger partial charge is 0.173 e. The lowest BCUT2D eigenvalue weighted by atomic mass is 10.3. The van der Waals surface area contributed by atoms with Crippen molar-refractivity contribution in [3.05, 3.63) is 23.5 Å². The minimum atomic E-state index is -1.06. The molecular formula is C8H9FN2O. The molecule has 64 valence electrons. The van der Waals surface area contributed by atoms with Gasteiger partial charge in [0.1, 0.15) is 0 Å². The normalized spacial score (nSPS) is 18.3. The van der Waals surface area contributed by atoms with E-state index in [2.05, 4.69) is 0 Å². The van der Waals surface area contributed by atoms with Crippen LogP contribution < -0.4 is 0 Å². The molecule has 4 heteroatoms. The van der Waals surface area contributed by atoms with Crippen molar-refractivity contribution in [2.75, 3.05) is 0 Å². The van der Waals surface area contributed by atoms with Crippen LogP contribution in [0.3, 0.4) is 0 Å². The van der Waals surface area contributed by atoms with Crippen LogP contribution in [0.15, 0.2) is 23.5 Å². The molecule has 1 aliphatic heterocycles. The molecule has 0 aromatic heterocycles. The fraction of sp³-hybridized carbons (Fsp3) is 0.250. The van der Waals surface area contributed by atoms with Gasteiger partial charge < -0.3 is 10.3 Å². The molecule has 0 amide bonds.